The lowest BCUT2D eigenvalue weighted by atomic mass is 9.97. The Morgan fingerprint density at radius 2 is 1.79 bits per heavy atom. The summed E-state index contributed by atoms with van der Waals surface area (Å²) in [7, 11) is 1.49. The van der Waals surface area contributed by atoms with Crippen LogP contribution in [0.5, 0.6) is 5.75 Å². The van der Waals surface area contributed by atoms with Crippen LogP contribution in [-0.2, 0) is 5.60 Å². The Hall–Kier alpha value is -1.16. The third-order valence-electron chi connectivity index (χ3n) is 2.10. The molecule has 4 heteroatoms. The molecular formula is C10H12F2O2. The summed E-state index contributed by atoms with van der Waals surface area (Å²) in [4.78, 5) is 0. The van der Waals surface area contributed by atoms with Crippen molar-refractivity contribution in [2.75, 3.05) is 7.11 Å². The first-order valence-electron chi connectivity index (χ1n) is 4.13. The van der Waals surface area contributed by atoms with Gasteiger partial charge in [-0.1, -0.05) is 12.1 Å². The smallest absolute Gasteiger partial charge is 0.270 e. The minimum atomic E-state index is -2.81. The maximum atomic E-state index is 12.4. The van der Waals surface area contributed by atoms with Crippen LogP contribution in [0.3, 0.4) is 0 Å². The molecule has 0 saturated carbocycles. The maximum Gasteiger partial charge on any atom is 0.270 e. The van der Waals surface area contributed by atoms with Gasteiger partial charge in [-0.25, -0.2) is 8.78 Å². The minimum Gasteiger partial charge on any atom is -0.497 e. The lowest BCUT2D eigenvalue weighted by Crippen LogP contribution is -2.30. The number of hydrogen-bond acceptors (Lipinski definition) is 2. The molecular weight excluding hydrogens is 190 g/mol. The molecule has 0 aromatic heterocycles. The molecule has 0 spiro atoms. The van der Waals surface area contributed by atoms with Gasteiger partial charge in [-0.05, 0) is 24.6 Å². The molecule has 0 aliphatic carbocycles. The number of methoxy groups -OCH3 is 1. The predicted octanol–water partition coefficient (Wildman–Crippen LogP) is 2.17. The van der Waals surface area contributed by atoms with Gasteiger partial charge in [0.05, 0.1) is 7.11 Å². The Kier molecular flexibility index (Phi) is 3.06. The van der Waals surface area contributed by atoms with Crippen LogP contribution in [-0.4, -0.2) is 18.6 Å². The highest BCUT2D eigenvalue weighted by atomic mass is 19.3. The van der Waals surface area contributed by atoms with E-state index >= 15 is 0 Å². The van der Waals surface area contributed by atoms with E-state index in [0.29, 0.717) is 5.75 Å². The first-order valence-corrected chi connectivity index (χ1v) is 4.13. The normalized spacial score (nSPS) is 15.3. The fourth-order valence-corrected chi connectivity index (χ4v) is 1.05. The molecule has 0 radical (unpaired) electrons. The topological polar surface area (TPSA) is 29.5 Å². The van der Waals surface area contributed by atoms with E-state index in [1.165, 1.54) is 31.4 Å². The van der Waals surface area contributed by atoms with Crippen molar-refractivity contribution < 1.29 is 18.6 Å². The van der Waals surface area contributed by atoms with Crippen LogP contribution >= 0.6 is 0 Å². The van der Waals surface area contributed by atoms with E-state index < -0.39 is 12.0 Å². The molecule has 1 N–H and O–H groups in total. The number of hydrogen-bond donors (Lipinski definition) is 1. The summed E-state index contributed by atoms with van der Waals surface area (Å²) in [6.07, 6.45) is -2.81. The van der Waals surface area contributed by atoms with Crippen molar-refractivity contribution in [3.05, 3.63) is 29.8 Å². The van der Waals surface area contributed by atoms with Crippen LogP contribution in [0.15, 0.2) is 24.3 Å². The van der Waals surface area contributed by atoms with Crippen molar-refractivity contribution in [2.45, 2.75) is 19.0 Å². The van der Waals surface area contributed by atoms with Crippen molar-refractivity contribution in [3.8, 4) is 5.75 Å². The number of benzene rings is 1. The van der Waals surface area contributed by atoms with Gasteiger partial charge >= 0.3 is 0 Å². The Balaban J connectivity index is 2.97. The van der Waals surface area contributed by atoms with E-state index in [1.807, 2.05) is 0 Å². The van der Waals surface area contributed by atoms with E-state index in [1.54, 1.807) is 0 Å². The standard InChI is InChI=1S/C10H12F2O2/c1-10(13,9(11)12)7-3-5-8(14-2)6-4-7/h3-6,9,13H,1-2H3. The largest absolute Gasteiger partial charge is 0.497 e. The summed E-state index contributed by atoms with van der Waals surface area (Å²) in [5.74, 6) is 0.568. The van der Waals surface area contributed by atoms with Crippen LogP contribution in [0.4, 0.5) is 8.78 Å². The highest BCUT2D eigenvalue weighted by Crippen LogP contribution is 2.28. The van der Waals surface area contributed by atoms with Gasteiger partial charge in [0.15, 0.2) is 0 Å². The van der Waals surface area contributed by atoms with Gasteiger partial charge in [-0.3, -0.25) is 0 Å². The number of rotatable bonds is 3. The molecule has 0 bridgehead atoms. The number of ether oxygens (including phenoxy) is 1. The van der Waals surface area contributed by atoms with Crippen LogP contribution in [0.25, 0.3) is 0 Å². The van der Waals surface area contributed by atoms with E-state index in [0.717, 1.165) is 6.92 Å². The number of alkyl halides is 2. The van der Waals surface area contributed by atoms with Crippen LogP contribution in [0.1, 0.15) is 12.5 Å². The van der Waals surface area contributed by atoms with Gasteiger partial charge in [-0.15, -0.1) is 0 Å². The summed E-state index contributed by atoms with van der Waals surface area (Å²) in [5, 5.41) is 9.44. The zero-order chi connectivity index (χ0) is 10.8. The van der Waals surface area contributed by atoms with Crippen LogP contribution in [0.2, 0.25) is 0 Å². The van der Waals surface area contributed by atoms with Gasteiger partial charge in [0.25, 0.3) is 6.43 Å². The molecule has 1 rings (SSSR count). The van der Waals surface area contributed by atoms with Crippen molar-refractivity contribution in [2.24, 2.45) is 0 Å². The average molecular weight is 202 g/mol. The second-order valence-electron chi connectivity index (χ2n) is 3.18. The van der Waals surface area contributed by atoms with E-state index in [4.69, 9.17) is 4.74 Å². The van der Waals surface area contributed by atoms with Crippen LogP contribution in [0, 0.1) is 0 Å². The summed E-state index contributed by atoms with van der Waals surface area (Å²) in [6, 6.07) is 5.91. The van der Waals surface area contributed by atoms with Gasteiger partial charge in [0.2, 0.25) is 0 Å². The molecule has 0 fully saturated rings. The van der Waals surface area contributed by atoms with E-state index in [-0.39, 0.29) is 5.56 Å². The van der Waals surface area contributed by atoms with Gasteiger partial charge in [0, 0.05) is 0 Å². The van der Waals surface area contributed by atoms with Crippen molar-refractivity contribution in [1.82, 2.24) is 0 Å². The maximum absolute atomic E-state index is 12.4. The first-order chi connectivity index (χ1) is 6.48. The first kappa shape index (κ1) is 10.9. The van der Waals surface area contributed by atoms with E-state index in [9.17, 15) is 13.9 Å². The summed E-state index contributed by atoms with van der Waals surface area (Å²) >= 11 is 0. The molecule has 0 aliphatic rings. The summed E-state index contributed by atoms with van der Waals surface area (Å²) in [6.45, 7) is 1.08. The Labute approximate surface area is 81.1 Å². The van der Waals surface area contributed by atoms with Crippen molar-refractivity contribution in [3.63, 3.8) is 0 Å². The Morgan fingerprint density at radius 3 is 2.14 bits per heavy atom. The predicted molar refractivity (Wildman–Crippen MR) is 48.6 cm³/mol. The minimum absolute atomic E-state index is 0.174. The van der Waals surface area contributed by atoms with Gasteiger partial charge in [-0.2, -0.15) is 0 Å². The van der Waals surface area contributed by atoms with Crippen molar-refractivity contribution in [1.29, 1.82) is 0 Å². The molecule has 78 valence electrons. The second kappa shape index (κ2) is 3.92. The highest BCUT2D eigenvalue weighted by Gasteiger charge is 2.33. The lowest BCUT2D eigenvalue weighted by Gasteiger charge is -2.22. The molecule has 1 unspecified atom stereocenters. The van der Waals surface area contributed by atoms with Crippen LogP contribution < -0.4 is 4.74 Å². The quantitative estimate of drug-likeness (QED) is 0.813. The SMILES string of the molecule is COc1ccc(C(C)(O)C(F)F)cc1. The zero-order valence-corrected chi connectivity index (χ0v) is 8.00. The molecule has 0 heterocycles. The average Bonchev–Trinajstić information content (AvgIpc) is 2.17. The lowest BCUT2D eigenvalue weighted by molar-refractivity contribution is -0.0883. The molecule has 14 heavy (non-hydrogen) atoms. The van der Waals surface area contributed by atoms with Gasteiger partial charge in [0.1, 0.15) is 11.4 Å². The highest BCUT2D eigenvalue weighted by molar-refractivity contribution is 5.30. The van der Waals surface area contributed by atoms with Crippen molar-refractivity contribution >= 4 is 0 Å². The summed E-state index contributed by atoms with van der Waals surface area (Å²) < 4.78 is 29.7. The molecule has 2 nitrogen and oxygen atoms in total. The number of halogens is 2. The molecule has 0 amide bonds. The Bertz CT molecular complexity index is 293. The van der Waals surface area contributed by atoms with Gasteiger partial charge < -0.3 is 9.84 Å². The third kappa shape index (κ3) is 2.01. The summed E-state index contributed by atoms with van der Waals surface area (Å²) in [5.41, 5.74) is -1.93. The Morgan fingerprint density at radius 1 is 1.29 bits per heavy atom. The molecule has 0 aliphatic heterocycles. The fourth-order valence-electron chi connectivity index (χ4n) is 1.05. The second-order valence-corrected chi connectivity index (χ2v) is 3.18. The molecule has 1 aromatic carbocycles. The molecule has 0 saturated heterocycles. The zero-order valence-electron chi connectivity index (χ0n) is 8.00. The fraction of sp³-hybridized carbons (Fsp3) is 0.400. The monoisotopic (exact) mass is 202 g/mol. The molecule has 1 aromatic rings. The van der Waals surface area contributed by atoms with E-state index in [2.05, 4.69) is 0 Å². The molecule has 1 atom stereocenters. The third-order valence-corrected chi connectivity index (χ3v) is 2.10. The number of aliphatic hydroxyl groups is 1.